The van der Waals surface area contributed by atoms with Crippen molar-refractivity contribution in [2.45, 2.75) is 52.3 Å². The number of nitrogens with zero attached hydrogens (tertiary/aromatic N) is 3. The van der Waals surface area contributed by atoms with Crippen LogP contribution in [-0.2, 0) is 13.1 Å². The summed E-state index contributed by atoms with van der Waals surface area (Å²) in [5.74, 6) is 0.856. The van der Waals surface area contributed by atoms with Crippen molar-refractivity contribution in [1.29, 1.82) is 0 Å². The summed E-state index contributed by atoms with van der Waals surface area (Å²) in [5, 5.41) is 0. The fourth-order valence-corrected chi connectivity index (χ4v) is 5.15. The first-order chi connectivity index (χ1) is 17.5. The minimum Gasteiger partial charge on any atom is -0.475 e. The highest BCUT2D eigenvalue weighted by atomic mass is 19.1. The number of ether oxygens (including phenoxy) is 1. The van der Waals surface area contributed by atoms with Gasteiger partial charge in [-0.15, -0.1) is 0 Å². The molecule has 0 saturated carbocycles. The summed E-state index contributed by atoms with van der Waals surface area (Å²) >= 11 is 0. The third kappa shape index (κ3) is 5.54. The molecule has 36 heavy (non-hydrogen) atoms. The van der Waals surface area contributed by atoms with Crippen LogP contribution in [0.2, 0.25) is 0 Å². The molecule has 3 aromatic rings. The zero-order chi connectivity index (χ0) is 25.1. The van der Waals surface area contributed by atoms with E-state index < -0.39 is 0 Å². The molecular formula is C30H32FN3O2. The molecule has 0 radical (unpaired) electrons. The molecule has 0 bridgehead atoms. The third-order valence-electron chi connectivity index (χ3n) is 6.89. The van der Waals surface area contributed by atoms with Crippen LogP contribution < -0.4 is 4.74 Å². The van der Waals surface area contributed by atoms with Crippen molar-refractivity contribution in [1.82, 2.24) is 9.88 Å². The van der Waals surface area contributed by atoms with Crippen LogP contribution in [0.3, 0.4) is 0 Å². The molecule has 5 nitrogen and oxygen atoms in total. The number of piperidine rings is 1. The zero-order valence-corrected chi connectivity index (χ0v) is 20.9. The highest BCUT2D eigenvalue weighted by Crippen LogP contribution is 2.28. The van der Waals surface area contributed by atoms with E-state index in [1.54, 1.807) is 12.3 Å². The fourth-order valence-electron chi connectivity index (χ4n) is 5.15. The van der Waals surface area contributed by atoms with Crippen molar-refractivity contribution in [2.24, 2.45) is 10.9 Å². The van der Waals surface area contributed by atoms with Crippen molar-refractivity contribution >= 4 is 11.5 Å². The van der Waals surface area contributed by atoms with E-state index >= 15 is 0 Å². The number of carbonyl (C=O) groups is 1. The Balaban J connectivity index is 1.25. The lowest BCUT2D eigenvalue weighted by Gasteiger charge is -2.32. The predicted molar refractivity (Wildman–Crippen MR) is 139 cm³/mol. The van der Waals surface area contributed by atoms with E-state index in [4.69, 9.17) is 9.73 Å². The lowest BCUT2D eigenvalue weighted by Crippen LogP contribution is -2.36. The molecule has 6 heteroatoms. The van der Waals surface area contributed by atoms with Gasteiger partial charge in [0, 0.05) is 54.0 Å². The Morgan fingerprint density at radius 2 is 2.03 bits per heavy atom. The second-order valence-electron chi connectivity index (χ2n) is 10.1. The average Bonchev–Trinajstić information content (AvgIpc) is 3.29. The number of pyridine rings is 1. The van der Waals surface area contributed by atoms with Gasteiger partial charge in [-0.3, -0.25) is 14.7 Å². The van der Waals surface area contributed by atoms with Crippen LogP contribution in [-0.4, -0.2) is 40.6 Å². The Morgan fingerprint density at radius 3 is 2.81 bits per heavy atom. The second kappa shape index (κ2) is 10.7. The summed E-state index contributed by atoms with van der Waals surface area (Å²) in [6.45, 7) is 6.89. The van der Waals surface area contributed by atoms with E-state index in [1.165, 1.54) is 6.07 Å². The van der Waals surface area contributed by atoms with Gasteiger partial charge in [0.25, 0.3) is 0 Å². The molecule has 3 heterocycles. The van der Waals surface area contributed by atoms with Crippen LogP contribution in [0.5, 0.6) is 5.88 Å². The van der Waals surface area contributed by atoms with Gasteiger partial charge in [0.05, 0.1) is 18.4 Å². The molecule has 0 amide bonds. The number of hydrogen-bond donors (Lipinski definition) is 0. The smallest absolute Gasteiger partial charge is 0.213 e. The van der Waals surface area contributed by atoms with E-state index in [0.717, 1.165) is 53.9 Å². The number of benzene rings is 2. The van der Waals surface area contributed by atoms with Gasteiger partial charge in [-0.1, -0.05) is 30.3 Å². The number of likely N-dealkylation sites (tertiary alicyclic amines) is 1. The first-order valence-electron chi connectivity index (χ1n) is 12.8. The van der Waals surface area contributed by atoms with Crippen molar-refractivity contribution in [3.8, 4) is 5.88 Å². The van der Waals surface area contributed by atoms with Gasteiger partial charge in [-0.05, 0) is 62.9 Å². The number of carbonyl (C=O) groups excluding carboxylic acids is 1. The Morgan fingerprint density at radius 1 is 1.17 bits per heavy atom. The quantitative estimate of drug-likeness (QED) is 0.376. The topological polar surface area (TPSA) is 54.8 Å². The number of fused-ring (bicyclic) bond motifs is 1. The highest BCUT2D eigenvalue weighted by Gasteiger charge is 2.25. The van der Waals surface area contributed by atoms with Crippen LogP contribution >= 0.6 is 0 Å². The fraction of sp³-hybridized carbons (Fsp3) is 0.367. The van der Waals surface area contributed by atoms with Crippen molar-refractivity contribution in [3.05, 3.63) is 94.4 Å². The molecule has 1 atom stereocenters. The lowest BCUT2D eigenvalue weighted by molar-refractivity contribution is 0.0912. The molecule has 2 aliphatic rings. The zero-order valence-electron chi connectivity index (χ0n) is 20.9. The van der Waals surface area contributed by atoms with Gasteiger partial charge < -0.3 is 4.74 Å². The maximum atomic E-state index is 14.1. The van der Waals surface area contributed by atoms with Gasteiger partial charge in [0.1, 0.15) is 5.82 Å². The van der Waals surface area contributed by atoms with Gasteiger partial charge >= 0.3 is 0 Å². The first-order valence-corrected chi connectivity index (χ1v) is 12.8. The molecular weight excluding hydrogens is 453 g/mol. The number of rotatable bonds is 8. The molecule has 5 rings (SSSR count). The van der Waals surface area contributed by atoms with E-state index in [1.807, 2.05) is 56.3 Å². The van der Waals surface area contributed by atoms with E-state index in [-0.39, 0.29) is 23.6 Å². The minimum atomic E-state index is -0.163. The summed E-state index contributed by atoms with van der Waals surface area (Å²) in [7, 11) is 0. The Labute approximate surface area is 212 Å². The van der Waals surface area contributed by atoms with Crippen LogP contribution in [0.25, 0.3) is 0 Å². The third-order valence-corrected chi connectivity index (χ3v) is 6.89. The molecule has 1 saturated heterocycles. The summed E-state index contributed by atoms with van der Waals surface area (Å²) in [6, 6.07) is 16.7. The first kappa shape index (κ1) is 24.3. The average molecular weight is 486 g/mol. The lowest BCUT2D eigenvalue weighted by atomic mass is 9.89. The molecule has 0 N–H and O–H groups in total. The monoisotopic (exact) mass is 485 g/mol. The summed E-state index contributed by atoms with van der Waals surface area (Å²) in [6.07, 6.45) is 4.40. The summed E-state index contributed by atoms with van der Waals surface area (Å²) in [4.78, 5) is 24.7. The van der Waals surface area contributed by atoms with Crippen LogP contribution in [0.1, 0.15) is 65.7 Å². The molecule has 1 fully saturated rings. The maximum Gasteiger partial charge on any atom is 0.213 e. The molecule has 1 aromatic heterocycles. The van der Waals surface area contributed by atoms with Gasteiger partial charge in [0.15, 0.2) is 5.78 Å². The normalized spacial score (nSPS) is 17.7. The van der Waals surface area contributed by atoms with Crippen LogP contribution in [0.15, 0.2) is 65.8 Å². The Kier molecular flexibility index (Phi) is 7.23. The van der Waals surface area contributed by atoms with E-state index in [9.17, 15) is 9.18 Å². The largest absolute Gasteiger partial charge is 0.475 e. The number of Topliss-reactive ketones (excluding diaryl/α,β-unsaturated/α-hetero) is 1. The van der Waals surface area contributed by atoms with E-state index in [2.05, 4.69) is 9.88 Å². The van der Waals surface area contributed by atoms with E-state index in [0.29, 0.717) is 31.0 Å². The molecule has 2 aromatic carbocycles. The summed E-state index contributed by atoms with van der Waals surface area (Å²) in [5.41, 5.74) is 5.36. The minimum absolute atomic E-state index is 0.0669. The predicted octanol–water partition coefficient (Wildman–Crippen LogP) is 5.84. The molecule has 0 unspecified atom stereocenters. The Bertz CT molecular complexity index is 1270. The van der Waals surface area contributed by atoms with Gasteiger partial charge in [-0.25, -0.2) is 9.37 Å². The number of hydrogen-bond acceptors (Lipinski definition) is 5. The molecule has 0 aliphatic carbocycles. The van der Waals surface area contributed by atoms with Crippen LogP contribution in [0, 0.1) is 11.7 Å². The van der Waals surface area contributed by atoms with Crippen molar-refractivity contribution < 1.29 is 13.9 Å². The molecule has 2 aliphatic heterocycles. The summed E-state index contributed by atoms with van der Waals surface area (Å²) < 4.78 is 19.8. The van der Waals surface area contributed by atoms with Crippen molar-refractivity contribution in [2.75, 3.05) is 13.1 Å². The number of aromatic nitrogens is 1. The number of ketones is 1. The number of aliphatic imine (C=N–C) groups is 1. The maximum absolute atomic E-state index is 14.1. The van der Waals surface area contributed by atoms with Crippen molar-refractivity contribution in [3.63, 3.8) is 0 Å². The molecule has 0 spiro atoms. The second-order valence-corrected chi connectivity index (χ2v) is 10.1. The number of halogens is 1. The van der Waals surface area contributed by atoms with Gasteiger partial charge in [-0.2, -0.15) is 0 Å². The standard InChI is InChI=1S/C30H32FN3O2/c1-20(2)36-29-12-11-24(17-32-29)30-26-15-22(9-10-23(26)16-33-30)28(35)14-21-6-5-13-34(18-21)19-25-7-3-4-8-27(25)31/h3-4,7-12,15,17,20-21H,5-6,13-14,16,18-19H2,1-2H3/t21-/m0/s1. The van der Waals surface area contributed by atoms with Gasteiger partial charge in [0.2, 0.25) is 5.88 Å². The molecule has 186 valence electrons. The SMILES string of the molecule is CC(C)Oc1ccc(C2=NCc3ccc(C(=O)C[C@@H]4CCCN(Cc5ccccc5F)C4)cc32)cn1. The van der Waals surface area contributed by atoms with Crippen LogP contribution in [0.4, 0.5) is 4.39 Å². The highest BCUT2D eigenvalue weighted by molar-refractivity contribution is 6.16. The Hall–Kier alpha value is -3.38.